The van der Waals surface area contributed by atoms with Crippen LogP contribution >= 0.6 is 0 Å². The lowest BCUT2D eigenvalue weighted by atomic mass is 10.1. The minimum absolute atomic E-state index is 0.0406. The van der Waals surface area contributed by atoms with Crippen molar-refractivity contribution in [1.82, 2.24) is 5.32 Å². The first-order chi connectivity index (χ1) is 8.18. The summed E-state index contributed by atoms with van der Waals surface area (Å²) < 4.78 is 18.6. The monoisotopic (exact) mass is 233 g/mol. The predicted octanol–water partition coefficient (Wildman–Crippen LogP) is 3.83. The Kier molecular flexibility index (Phi) is 3.59. The molecule has 2 aromatic rings. The predicted molar refractivity (Wildman–Crippen MR) is 65.1 cm³/mol. The lowest BCUT2D eigenvalue weighted by Gasteiger charge is -2.19. The molecule has 1 heterocycles. The van der Waals surface area contributed by atoms with E-state index < -0.39 is 0 Å². The first-order valence-electron chi connectivity index (χ1n) is 5.71. The molecule has 0 fully saturated rings. The summed E-state index contributed by atoms with van der Waals surface area (Å²) in [7, 11) is 0. The fraction of sp³-hybridized carbons (Fsp3) is 0.286. The molecule has 17 heavy (non-hydrogen) atoms. The van der Waals surface area contributed by atoms with Crippen LogP contribution in [0.25, 0.3) is 0 Å². The Morgan fingerprint density at radius 3 is 2.53 bits per heavy atom. The Labute approximate surface area is 100 Å². The number of nitrogens with one attached hydrogen (secondary N) is 1. The van der Waals surface area contributed by atoms with E-state index in [1.54, 1.807) is 24.7 Å². The third-order valence-corrected chi connectivity index (χ3v) is 2.91. The third kappa shape index (κ3) is 2.74. The molecule has 0 saturated carbocycles. The van der Waals surface area contributed by atoms with Crippen LogP contribution in [-0.4, -0.2) is 0 Å². The summed E-state index contributed by atoms with van der Waals surface area (Å²) in [6, 6.07) is 8.82. The van der Waals surface area contributed by atoms with Gasteiger partial charge >= 0.3 is 0 Å². The van der Waals surface area contributed by atoms with Gasteiger partial charge in [0.15, 0.2) is 0 Å². The summed E-state index contributed by atoms with van der Waals surface area (Å²) in [4.78, 5) is 0. The van der Waals surface area contributed by atoms with E-state index in [9.17, 15) is 4.39 Å². The fourth-order valence-corrected chi connectivity index (χ4v) is 1.91. The number of rotatable bonds is 4. The van der Waals surface area contributed by atoms with Crippen molar-refractivity contribution in [2.75, 3.05) is 0 Å². The summed E-state index contributed by atoms with van der Waals surface area (Å²) in [5.74, 6) is -0.174. The maximum absolute atomic E-state index is 13.6. The van der Waals surface area contributed by atoms with Gasteiger partial charge in [-0.05, 0) is 26.0 Å². The Hall–Kier alpha value is -1.61. The van der Waals surface area contributed by atoms with E-state index in [4.69, 9.17) is 4.42 Å². The fourth-order valence-electron chi connectivity index (χ4n) is 1.91. The SMILES string of the molecule is CC(N[C@H](C)c1ccccc1F)c1ccoc1. The Bertz CT molecular complexity index is 467. The minimum atomic E-state index is -0.174. The standard InChI is InChI=1S/C14H16FNO/c1-10(12-7-8-17-9-12)16-11(2)13-5-3-4-6-14(13)15/h3-11,16H,1-2H3/t10?,11-/m1/s1. The van der Waals surface area contributed by atoms with Crippen molar-refractivity contribution in [3.05, 3.63) is 59.8 Å². The Balaban J connectivity index is 2.07. The summed E-state index contributed by atoms with van der Waals surface area (Å²) >= 11 is 0. The van der Waals surface area contributed by atoms with Gasteiger partial charge in [-0.25, -0.2) is 4.39 Å². The van der Waals surface area contributed by atoms with Crippen molar-refractivity contribution in [3.63, 3.8) is 0 Å². The van der Waals surface area contributed by atoms with Crippen LogP contribution in [-0.2, 0) is 0 Å². The van der Waals surface area contributed by atoms with E-state index in [-0.39, 0.29) is 17.9 Å². The van der Waals surface area contributed by atoms with Gasteiger partial charge in [0, 0.05) is 23.2 Å². The van der Waals surface area contributed by atoms with Gasteiger partial charge in [0.05, 0.1) is 12.5 Å². The molecule has 1 aromatic heterocycles. The molecule has 0 amide bonds. The van der Waals surface area contributed by atoms with Gasteiger partial charge in [0.25, 0.3) is 0 Å². The van der Waals surface area contributed by atoms with Gasteiger partial charge in [-0.15, -0.1) is 0 Å². The zero-order valence-corrected chi connectivity index (χ0v) is 9.98. The van der Waals surface area contributed by atoms with Gasteiger partial charge in [0.2, 0.25) is 0 Å². The maximum Gasteiger partial charge on any atom is 0.127 e. The second-order valence-electron chi connectivity index (χ2n) is 4.19. The second-order valence-corrected chi connectivity index (χ2v) is 4.19. The molecule has 0 saturated heterocycles. The van der Waals surface area contributed by atoms with E-state index in [1.165, 1.54) is 6.07 Å². The van der Waals surface area contributed by atoms with Crippen molar-refractivity contribution in [1.29, 1.82) is 0 Å². The van der Waals surface area contributed by atoms with Crippen LogP contribution in [0.4, 0.5) is 4.39 Å². The Morgan fingerprint density at radius 2 is 1.88 bits per heavy atom. The van der Waals surface area contributed by atoms with E-state index in [0.29, 0.717) is 5.56 Å². The smallest absolute Gasteiger partial charge is 0.127 e. The molecule has 0 spiro atoms. The highest BCUT2D eigenvalue weighted by Crippen LogP contribution is 2.21. The zero-order chi connectivity index (χ0) is 12.3. The van der Waals surface area contributed by atoms with Crippen molar-refractivity contribution >= 4 is 0 Å². The number of hydrogen-bond acceptors (Lipinski definition) is 2. The first kappa shape index (κ1) is 11.9. The van der Waals surface area contributed by atoms with E-state index in [2.05, 4.69) is 5.32 Å². The lowest BCUT2D eigenvalue weighted by molar-refractivity contribution is 0.468. The summed E-state index contributed by atoms with van der Waals surface area (Å²) in [6.45, 7) is 3.98. The van der Waals surface area contributed by atoms with Gasteiger partial charge in [-0.2, -0.15) is 0 Å². The molecule has 2 rings (SSSR count). The second kappa shape index (κ2) is 5.15. The summed E-state index contributed by atoms with van der Waals surface area (Å²) in [5, 5.41) is 3.34. The molecule has 0 aliphatic rings. The average molecular weight is 233 g/mol. The molecule has 0 aliphatic carbocycles. The largest absolute Gasteiger partial charge is 0.472 e. The summed E-state index contributed by atoms with van der Waals surface area (Å²) in [6.07, 6.45) is 3.34. The van der Waals surface area contributed by atoms with Gasteiger partial charge in [-0.1, -0.05) is 18.2 Å². The molecule has 2 nitrogen and oxygen atoms in total. The topological polar surface area (TPSA) is 25.2 Å². The van der Waals surface area contributed by atoms with Crippen LogP contribution in [0.3, 0.4) is 0 Å². The third-order valence-electron chi connectivity index (χ3n) is 2.91. The highest BCUT2D eigenvalue weighted by atomic mass is 19.1. The molecule has 2 atom stereocenters. The minimum Gasteiger partial charge on any atom is -0.472 e. The molecule has 1 aromatic carbocycles. The van der Waals surface area contributed by atoms with Gasteiger partial charge in [-0.3, -0.25) is 0 Å². The molecule has 3 heteroatoms. The normalized spacial score (nSPS) is 14.5. The van der Waals surface area contributed by atoms with E-state index in [0.717, 1.165) is 5.56 Å². The number of furan rings is 1. The van der Waals surface area contributed by atoms with Crippen molar-refractivity contribution < 1.29 is 8.81 Å². The number of hydrogen-bond donors (Lipinski definition) is 1. The highest BCUT2D eigenvalue weighted by molar-refractivity contribution is 5.21. The number of halogens is 1. The molecule has 1 N–H and O–H groups in total. The molecule has 0 aliphatic heterocycles. The van der Waals surface area contributed by atoms with Crippen LogP contribution in [0.15, 0.2) is 47.3 Å². The van der Waals surface area contributed by atoms with E-state index in [1.807, 2.05) is 26.0 Å². The zero-order valence-electron chi connectivity index (χ0n) is 9.98. The molecule has 0 radical (unpaired) electrons. The molecule has 0 bridgehead atoms. The van der Waals surface area contributed by atoms with Crippen molar-refractivity contribution in [2.45, 2.75) is 25.9 Å². The quantitative estimate of drug-likeness (QED) is 0.868. The number of benzene rings is 1. The van der Waals surface area contributed by atoms with Crippen LogP contribution in [0.5, 0.6) is 0 Å². The maximum atomic E-state index is 13.6. The van der Waals surface area contributed by atoms with Crippen molar-refractivity contribution in [3.8, 4) is 0 Å². The van der Waals surface area contributed by atoms with Crippen LogP contribution < -0.4 is 5.32 Å². The highest BCUT2D eigenvalue weighted by Gasteiger charge is 2.14. The van der Waals surface area contributed by atoms with Crippen LogP contribution in [0, 0.1) is 5.82 Å². The lowest BCUT2D eigenvalue weighted by Crippen LogP contribution is -2.22. The Morgan fingerprint density at radius 1 is 1.12 bits per heavy atom. The van der Waals surface area contributed by atoms with Crippen molar-refractivity contribution in [2.24, 2.45) is 0 Å². The van der Waals surface area contributed by atoms with Gasteiger partial charge < -0.3 is 9.73 Å². The molecular formula is C14H16FNO. The average Bonchev–Trinajstić information content (AvgIpc) is 2.82. The first-order valence-corrected chi connectivity index (χ1v) is 5.71. The summed E-state index contributed by atoms with van der Waals surface area (Å²) in [5.41, 5.74) is 1.75. The van der Waals surface area contributed by atoms with E-state index >= 15 is 0 Å². The molecule has 90 valence electrons. The molecular weight excluding hydrogens is 217 g/mol. The van der Waals surface area contributed by atoms with Crippen LogP contribution in [0.1, 0.15) is 37.1 Å². The van der Waals surface area contributed by atoms with Gasteiger partial charge in [0.1, 0.15) is 5.82 Å². The van der Waals surface area contributed by atoms with Crippen LogP contribution in [0.2, 0.25) is 0 Å². The molecule has 1 unspecified atom stereocenters.